The monoisotopic (exact) mass is 677 g/mol. The van der Waals surface area contributed by atoms with Gasteiger partial charge >= 0.3 is 0 Å². The summed E-state index contributed by atoms with van der Waals surface area (Å²) in [4.78, 5) is 15.0. The fourth-order valence-corrected chi connectivity index (χ4v) is 7.64. The molecule has 3 heterocycles. The maximum absolute atomic E-state index is 6.58. The van der Waals surface area contributed by atoms with Gasteiger partial charge in [-0.15, -0.1) is 11.3 Å². The van der Waals surface area contributed by atoms with Crippen LogP contribution in [0.25, 0.3) is 65.8 Å². The van der Waals surface area contributed by atoms with E-state index in [-0.39, 0.29) is 0 Å². The Kier molecular flexibility index (Phi) is 9.03. The average Bonchev–Trinajstić information content (AvgIpc) is 3.73. The minimum atomic E-state index is 0.597. The number of nitrogens with zero attached hydrogens (tertiary/aromatic N) is 3. The maximum Gasteiger partial charge on any atom is 0.164 e. The number of hydrogen-bond donors (Lipinski definition) is 0. The van der Waals surface area contributed by atoms with Crippen LogP contribution in [0.2, 0.25) is 0 Å². The van der Waals surface area contributed by atoms with Gasteiger partial charge in [0.2, 0.25) is 0 Å². The standard InChI is InChI=1S/C46H35N3OS/c1-3-16-33(22-14-19-32-17-6-4-7-18-32)45-47-44(48-46(49-45)34-20-8-5-9-21-34)31(2)29-41-39(36-24-10-12-27-40(36)50-41)30-35-23-15-26-38-37-25-11-13-28-42(37)51-43(35)38/h3-29H,30H2,1-2H3/b16-3-,19-14+,31-29+,33-22+. The number of allylic oxidation sites excluding steroid dienone is 6. The van der Waals surface area contributed by atoms with Crippen LogP contribution in [0.5, 0.6) is 0 Å². The summed E-state index contributed by atoms with van der Waals surface area (Å²) in [6.07, 6.45) is 13.0. The molecule has 0 aliphatic rings. The van der Waals surface area contributed by atoms with E-state index < -0.39 is 0 Å². The summed E-state index contributed by atoms with van der Waals surface area (Å²) >= 11 is 1.86. The topological polar surface area (TPSA) is 51.8 Å². The Labute approximate surface area is 301 Å². The van der Waals surface area contributed by atoms with Crippen LogP contribution >= 0.6 is 11.3 Å². The minimum Gasteiger partial charge on any atom is -0.456 e. The molecule has 51 heavy (non-hydrogen) atoms. The molecule has 8 aromatic rings. The van der Waals surface area contributed by atoms with Crippen LogP contribution in [-0.2, 0) is 6.42 Å². The van der Waals surface area contributed by atoms with Crippen LogP contribution in [0.1, 0.15) is 47.9 Å². The molecule has 0 amide bonds. The molecule has 0 saturated heterocycles. The van der Waals surface area contributed by atoms with Crippen molar-refractivity contribution in [3.63, 3.8) is 0 Å². The lowest BCUT2D eigenvalue weighted by Gasteiger charge is -2.09. The number of thiophene rings is 1. The molecule has 5 aromatic carbocycles. The smallest absolute Gasteiger partial charge is 0.164 e. The predicted molar refractivity (Wildman–Crippen MR) is 215 cm³/mol. The zero-order valence-corrected chi connectivity index (χ0v) is 29.3. The molecular formula is C46H35N3OS. The first-order chi connectivity index (χ1) is 25.1. The van der Waals surface area contributed by atoms with Crippen molar-refractivity contribution in [3.8, 4) is 11.4 Å². The van der Waals surface area contributed by atoms with Gasteiger partial charge < -0.3 is 4.42 Å². The van der Waals surface area contributed by atoms with E-state index in [1.807, 2.05) is 110 Å². The molecule has 246 valence electrons. The highest BCUT2D eigenvalue weighted by molar-refractivity contribution is 7.26. The highest BCUT2D eigenvalue weighted by Gasteiger charge is 2.18. The van der Waals surface area contributed by atoms with Gasteiger partial charge in [0.25, 0.3) is 0 Å². The van der Waals surface area contributed by atoms with E-state index >= 15 is 0 Å². The van der Waals surface area contributed by atoms with Crippen molar-refractivity contribution in [1.29, 1.82) is 0 Å². The van der Waals surface area contributed by atoms with Crippen LogP contribution in [0.15, 0.2) is 156 Å². The van der Waals surface area contributed by atoms with E-state index in [4.69, 9.17) is 19.4 Å². The van der Waals surface area contributed by atoms with Gasteiger partial charge in [-0.05, 0) is 48.8 Å². The Morgan fingerprint density at radius 3 is 2.24 bits per heavy atom. The summed E-state index contributed by atoms with van der Waals surface area (Å²) in [7, 11) is 0. The lowest BCUT2D eigenvalue weighted by Crippen LogP contribution is -2.04. The fraction of sp³-hybridized carbons (Fsp3) is 0.0652. The van der Waals surface area contributed by atoms with Crippen LogP contribution < -0.4 is 0 Å². The number of rotatable bonds is 9. The third kappa shape index (κ3) is 6.72. The minimum absolute atomic E-state index is 0.597. The fourth-order valence-electron chi connectivity index (χ4n) is 6.42. The van der Waals surface area contributed by atoms with Crippen LogP contribution in [-0.4, -0.2) is 15.0 Å². The molecule has 0 spiro atoms. The van der Waals surface area contributed by atoms with E-state index in [9.17, 15) is 0 Å². The van der Waals surface area contributed by atoms with Crippen molar-refractivity contribution < 1.29 is 4.42 Å². The summed E-state index contributed by atoms with van der Waals surface area (Å²) in [5, 5.41) is 3.71. The number of furan rings is 1. The lowest BCUT2D eigenvalue weighted by atomic mass is 9.99. The summed E-state index contributed by atoms with van der Waals surface area (Å²) in [5.74, 6) is 2.63. The van der Waals surface area contributed by atoms with E-state index in [0.29, 0.717) is 17.5 Å². The van der Waals surface area contributed by atoms with Crippen molar-refractivity contribution in [2.45, 2.75) is 20.3 Å². The number of hydrogen-bond acceptors (Lipinski definition) is 5. The predicted octanol–water partition coefficient (Wildman–Crippen LogP) is 12.5. The van der Waals surface area contributed by atoms with Crippen molar-refractivity contribution in [1.82, 2.24) is 15.0 Å². The molecule has 0 atom stereocenters. The zero-order valence-electron chi connectivity index (χ0n) is 28.5. The first kappa shape index (κ1) is 32.1. The van der Waals surface area contributed by atoms with E-state index in [1.54, 1.807) is 0 Å². The van der Waals surface area contributed by atoms with Gasteiger partial charge in [0.05, 0.1) is 0 Å². The number of para-hydroxylation sites is 1. The first-order valence-electron chi connectivity index (χ1n) is 17.1. The van der Waals surface area contributed by atoms with Crippen molar-refractivity contribution >= 4 is 65.8 Å². The molecule has 0 N–H and O–H groups in total. The Bertz CT molecular complexity index is 2620. The summed E-state index contributed by atoms with van der Waals surface area (Å²) in [5.41, 5.74) is 7.11. The Morgan fingerprint density at radius 1 is 0.706 bits per heavy atom. The molecule has 0 aliphatic carbocycles. The van der Waals surface area contributed by atoms with Crippen molar-refractivity contribution in [2.24, 2.45) is 0 Å². The molecule has 0 aliphatic heterocycles. The number of fused-ring (bicyclic) bond motifs is 4. The van der Waals surface area contributed by atoms with Gasteiger partial charge in [0.15, 0.2) is 17.5 Å². The molecule has 0 bridgehead atoms. The summed E-state index contributed by atoms with van der Waals surface area (Å²) in [6, 6.07) is 43.9. The van der Waals surface area contributed by atoms with Gasteiger partial charge in [-0.1, -0.05) is 146 Å². The molecule has 0 radical (unpaired) electrons. The molecule has 0 saturated carbocycles. The molecule has 8 rings (SSSR count). The van der Waals surface area contributed by atoms with Crippen molar-refractivity contribution in [3.05, 3.63) is 186 Å². The number of aromatic nitrogens is 3. The molecule has 5 heteroatoms. The second kappa shape index (κ2) is 14.4. The van der Waals surface area contributed by atoms with E-state index in [1.165, 1.54) is 25.7 Å². The van der Waals surface area contributed by atoms with Gasteiger partial charge in [0.1, 0.15) is 11.3 Å². The highest BCUT2D eigenvalue weighted by atomic mass is 32.1. The average molecular weight is 678 g/mol. The van der Waals surface area contributed by atoms with Crippen LogP contribution in [0, 0.1) is 0 Å². The quantitative estimate of drug-likeness (QED) is 0.143. The maximum atomic E-state index is 6.58. The highest BCUT2D eigenvalue weighted by Crippen LogP contribution is 2.38. The van der Waals surface area contributed by atoms with E-state index in [2.05, 4.69) is 78.9 Å². The second-order valence-electron chi connectivity index (χ2n) is 12.4. The molecule has 3 aromatic heterocycles. The van der Waals surface area contributed by atoms with Crippen molar-refractivity contribution in [2.75, 3.05) is 0 Å². The van der Waals surface area contributed by atoms with Gasteiger partial charge in [0, 0.05) is 48.7 Å². The van der Waals surface area contributed by atoms with E-state index in [0.717, 1.165) is 51.0 Å². The van der Waals surface area contributed by atoms with Gasteiger partial charge in [-0.3, -0.25) is 0 Å². The van der Waals surface area contributed by atoms with Crippen LogP contribution in [0.4, 0.5) is 0 Å². The Morgan fingerprint density at radius 2 is 1.41 bits per heavy atom. The lowest BCUT2D eigenvalue weighted by molar-refractivity contribution is 0.600. The largest absolute Gasteiger partial charge is 0.456 e. The Balaban J connectivity index is 1.23. The third-order valence-corrected chi connectivity index (χ3v) is 10.2. The molecule has 0 unspecified atom stereocenters. The molecule has 0 fully saturated rings. The Hall–Kier alpha value is -6.17. The molecule has 4 nitrogen and oxygen atoms in total. The van der Waals surface area contributed by atoms with Gasteiger partial charge in [-0.25, -0.2) is 15.0 Å². The SMILES string of the molecule is C\C=C/C(=C\C=C\c1ccccc1)c1nc(/C(C)=C/c2oc3ccccc3c2Cc2cccc3c2sc2ccccc23)nc(-c2ccccc2)n1. The molecular weight excluding hydrogens is 643 g/mol. The number of benzene rings is 5. The van der Waals surface area contributed by atoms with Crippen LogP contribution in [0.3, 0.4) is 0 Å². The normalized spacial score (nSPS) is 12.7. The summed E-state index contributed by atoms with van der Waals surface area (Å²) in [6.45, 7) is 4.05. The second-order valence-corrected chi connectivity index (χ2v) is 13.5. The zero-order chi connectivity index (χ0) is 34.6. The first-order valence-corrected chi connectivity index (χ1v) is 17.9. The third-order valence-electron chi connectivity index (χ3n) is 8.92. The van der Waals surface area contributed by atoms with Gasteiger partial charge in [-0.2, -0.15) is 0 Å². The summed E-state index contributed by atoms with van der Waals surface area (Å²) < 4.78 is 9.20.